The van der Waals surface area contributed by atoms with Crippen LogP contribution in [0, 0.1) is 11.7 Å². The van der Waals surface area contributed by atoms with Gasteiger partial charge in [-0.25, -0.2) is 9.18 Å². The molecule has 2 atom stereocenters. The molecule has 1 aromatic rings. The van der Waals surface area contributed by atoms with Crippen molar-refractivity contribution in [2.24, 2.45) is 5.92 Å². The third kappa shape index (κ3) is 4.86. The number of hydrogen-bond acceptors (Lipinski definition) is 2. The Morgan fingerprint density at radius 2 is 2.14 bits per heavy atom. The highest BCUT2D eigenvalue weighted by atomic mass is 35.5. The topological polar surface area (TPSA) is 66.4 Å². The van der Waals surface area contributed by atoms with Gasteiger partial charge in [-0.2, -0.15) is 0 Å². The largest absolute Gasteiger partial charge is 0.480 e. The summed E-state index contributed by atoms with van der Waals surface area (Å²) in [5.74, 6) is -2.47. The maximum Gasteiger partial charge on any atom is 0.326 e. The predicted octanol–water partition coefficient (Wildman–Crippen LogP) is 3.11. The van der Waals surface area contributed by atoms with Crippen LogP contribution < -0.4 is 5.32 Å². The number of benzene rings is 1. The first-order valence-electron chi connectivity index (χ1n) is 6.52. The van der Waals surface area contributed by atoms with Crippen LogP contribution >= 0.6 is 11.6 Å². The molecule has 1 aromatic carbocycles. The molecule has 1 amide bonds. The molecule has 0 aliphatic carbocycles. The van der Waals surface area contributed by atoms with Crippen molar-refractivity contribution >= 4 is 29.6 Å². The summed E-state index contributed by atoms with van der Waals surface area (Å²) in [6, 6.07) is 3.20. The van der Waals surface area contributed by atoms with Crippen molar-refractivity contribution in [1.82, 2.24) is 5.32 Å². The molecule has 0 radical (unpaired) electrons. The molecule has 1 rings (SSSR count). The number of nitrogens with one attached hydrogen (secondary N) is 1. The Kier molecular flexibility index (Phi) is 6.37. The van der Waals surface area contributed by atoms with E-state index >= 15 is 0 Å². The number of carboxylic acids is 1. The van der Waals surface area contributed by atoms with Gasteiger partial charge in [0.25, 0.3) is 0 Å². The molecular weight excluding hydrogens is 297 g/mol. The summed E-state index contributed by atoms with van der Waals surface area (Å²) in [5.41, 5.74) is 0.0877. The van der Waals surface area contributed by atoms with E-state index in [0.717, 1.165) is 6.08 Å². The summed E-state index contributed by atoms with van der Waals surface area (Å²) in [6.07, 6.45) is 2.91. The van der Waals surface area contributed by atoms with E-state index in [1.165, 1.54) is 24.3 Å². The van der Waals surface area contributed by atoms with E-state index in [0.29, 0.717) is 6.42 Å². The number of hydrogen-bond donors (Lipinski definition) is 2. The van der Waals surface area contributed by atoms with Gasteiger partial charge < -0.3 is 10.4 Å². The number of carbonyl (C=O) groups excluding carboxylic acids is 1. The van der Waals surface area contributed by atoms with Crippen LogP contribution in [0.15, 0.2) is 24.3 Å². The van der Waals surface area contributed by atoms with E-state index in [2.05, 4.69) is 5.32 Å². The van der Waals surface area contributed by atoms with Crippen LogP contribution in [0.3, 0.4) is 0 Å². The Bertz CT molecular complexity index is 540. The Labute approximate surface area is 127 Å². The van der Waals surface area contributed by atoms with Gasteiger partial charge in [0, 0.05) is 11.6 Å². The normalized spacial score (nSPS) is 13.9. The standard InChI is InChI=1S/C15H17ClFNO3/c1-3-9(2)14(15(20)21)18-13(19)8-7-10-11(16)5-4-6-12(10)17/h4-9,14H,3H2,1-2H3,(H,18,19)(H,20,21)/t9?,14-/m0/s1. The number of carbonyl (C=O) groups is 2. The van der Waals surface area contributed by atoms with Gasteiger partial charge in [-0.15, -0.1) is 0 Å². The minimum absolute atomic E-state index is 0.0877. The zero-order valence-corrected chi connectivity index (χ0v) is 12.5. The lowest BCUT2D eigenvalue weighted by Crippen LogP contribution is -2.44. The molecule has 6 heteroatoms. The number of halogens is 2. The van der Waals surface area contributed by atoms with E-state index in [1.54, 1.807) is 6.92 Å². The van der Waals surface area contributed by atoms with Crippen LogP contribution in [0.5, 0.6) is 0 Å². The molecule has 0 heterocycles. The molecule has 0 saturated carbocycles. The van der Waals surface area contributed by atoms with Gasteiger partial charge in [0.1, 0.15) is 11.9 Å². The number of amides is 1. The molecule has 0 spiro atoms. The summed E-state index contributed by atoms with van der Waals surface area (Å²) in [5, 5.41) is 11.6. The van der Waals surface area contributed by atoms with Crippen molar-refractivity contribution in [3.8, 4) is 0 Å². The van der Waals surface area contributed by atoms with Crippen LogP contribution in [0.1, 0.15) is 25.8 Å². The summed E-state index contributed by atoms with van der Waals surface area (Å²) >= 11 is 5.82. The molecular formula is C15H17ClFNO3. The van der Waals surface area contributed by atoms with Crippen LogP contribution in [0.4, 0.5) is 4.39 Å². The number of carboxylic acid groups (broad SMARTS) is 1. The van der Waals surface area contributed by atoms with Crippen LogP contribution in [-0.4, -0.2) is 23.0 Å². The first-order chi connectivity index (χ1) is 9.86. The second-order valence-corrected chi connectivity index (χ2v) is 5.09. The van der Waals surface area contributed by atoms with Crippen molar-refractivity contribution in [2.75, 3.05) is 0 Å². The average molecular weight is 314 g/mol. The average Bonchev–Trinajstić information content (AvgIpc) is 2.43. The Balaban J connectivity index is 2.81. The summed E-state index contributed by atoms with van der Waals surface area (Å²) in [6.45, 7) is 3.57. The van der Waals surface area contributed by atoms with Crippen LogP contribution in [0.25, 0.3) is 6.08 Å². The molecule has 0 saturated heterocycles. The Morgan fingerprint density at radius 1 is 1.48 bits per heavy atom. The van der Waals surface area contributed by atoms with Crippen LogP contribution in [-0.2, 0) is 9.59 Å². The van der Waals surface area contributed by atoms with E-state index in [1.807, 2.05) is 6.92 Å². The fourth-order valence-electron chi connectivity index (χ4n) is 1.71. The van der Waals surface area contributed by atoms with Crippen molar-refractivity contribution in [3.63, 3.8) is 0 Å². The summed E-state index contributed by atoms with van der Waals surface area (Å²) < 4.78 is 13.5. The fraction of sp³-hybridized carbons (Fsp3) is 0.333. The smallest absolute Gasteiger partial charge is 0.326 e. The molecule has 0 aromatic heterocycles. The van der Waals surface area contributed by atoms with Crippen LogP contribution in [0.2, 0.25) is 5.02 Å². The van der Waals surface area contributed by atoms with E-state index in [4.69, 9.17) is 16.7 Å². The second kappa shape index (κ2) is 7.78. The summed E-state index contributed by atoms with van der Waals surface area (Å²) in [7, 11) is 0. The third-order valence-corrected chi connectivity index (χ3v) is 3.51. The van der Waals surface area contributed by atoms with Gasteiger partial charge in [-0.05, 0) is 24.1 Å². The monoisotopic (exact) mass is 313 g/mol. The van der Waals surface area contributed by atoms with Crippen molar-refractivity contribution in [2.45, 2.75) is 26.3 Å². The number of aliphatic carboxylic acids is 1. The highest BCUT2D eigenvalue weighted by Crippen LogP contribution is 2.20. The zero-order chi connectivity index (χ0) is 16.0. The molecule has 0 aliphatic rings. The lowest BCUT2D eigenvalue weighted by Gasteiger charge is -2.19. The molecule has 114 valence electrons. The third-order valence-electron chi connectivity index (χ3n) is 3.18. The van der Waals surface area contributed by atoms with Crippen molar-refractivity contribution in [1.29, 1.82) is 0 Å². The van der Waals surface area contributed by atoms with Gasteiger partial charge in [0.2, 0.25) is 5.91 Å². The molecule has 0 aliphatic heterocycles. The highest BCUT2D eigenvalue weighted by Gasteiger charge is 2.24. The molecule has 2 N–H and O–H groups in total. The molecule has 1 unspecified atom stereocenters. The van der Waals surface area contributed by atoms with Gasteiger partial charge >= 0.3 is 5.97 Å². The van der Waals surface area contributed by atoms with Crippen molar-refractivity contribution in [3.05, 3.63) is 40.7 Å². The number of rotatable bonds is 6. The van der Waals surface area contributed by atoms with Crippen molar-refractivity contribution < 1.29 is 19.1 Å². The quantitative estimate of drug-likeness (QED) is 0.793. The minimum atomic E-state index is -1.10. The maximum atomic E-state index is 13.5. The Hall–Kier alpha value is -1.88. The first-order valence-corrected chi connectivity index (χ1v) is 6.90. The van der Waals surface area contributed by atoms with E-state index in [-0.39, 0.29) is 16.5 Å². The minimum Gasteiger partial charge on any atom is -0.480 e. The van der Waals surface area contributed by atoms with Gasteiger partial charge in [-0.3, -0.25) is 4.79 Å². The maximum absolute atomic E-state index is 13.5. The fourth-order valence-corrected chi connectivity index (χ4v) is 1.94. The van der Waals surface area contributed by atoms with Gasteiger partial charge in [-0.1, -0.05) is 37.9 Å². The van der Waals surface area contributed by atoms with Gasteiger partial charge in [0.05, 0.1) is 5.02 Å². The molecule has 0 fully saturated rings. The molecule has 4 nitrogen and oxygen atoms in total. The molecule has 0 bridgehead atoms. The second-order valence-electron chi connectivity index (χ2n) is 4.68. The molecule has 21 heavy (non-hydrogen) atoms. The lowest BCUT2D eigenvalue weighted by atomic mass is 9.99. The zero-order valence-electron chi connectivity index (χ0n) is 11.8. The van der Waals surface area contributed by atoms with E-state index < -0.39 is 23.7 Å². The lowest BCUT2D eigenvalue weighted by molar-refractivity contribution is -0.142. The SMILES string of the molecule is CCC(C)[C@H](NC(=O)C=Cc1c(F)cccc1Cl)C(=O)O. The summed E-state index contributed by atoms with van der Waals surface area (Å²) in [4.78, 5) is 22.8. The highest BCUT2D eigenvalue weighted by molar-refractivity contribution is 6.32. The van der Waals surface area contributed by atoms with Gasteiger partial charge in [0.15, 0.2) is 0 Å². The van der Waals surface area contributed by atoms with E-state index in [9.17, 15) is 14.0 Å². The predicted molar refractivity (Wildman–Crippen MR) is 79.5 cm³/mol. The first kappa shape index (κ1) is 17.2. The Morgan fingerprint density at radius 3 is 2.67 bits per heavy atom.